The van der Waals surface area contributed by atoms with E-state index in [0.717, 1.165) is 23.9 Å². The highest BCUT2D eigenvalue weighted by Gasteiger charge is 2.19. The Hall–Kier alpha value is -0.880. The van der Waals surface area contributed by atoms with Crippen molar-refractivity contribution < 1.29 is 9.53 Å². The molecule has 1 saturated heterocycles. The topological polar surface area (TPSA) is 56.1 Å². The Bertz CT molecular complexity index is 388. The van der Waals surface area contributed by atoms with Crippen LogP contribution in [0.1, 0.15) is 25.8 Å². The van der Waals surface area contributed by atoms with Crippen molar-refractivity contribution in [1.82, 2.24) is 15.1 Å². The lowest BCUT2D eigenvalue weighted by Crippen LogP contribution is -2.36. The maximum absolute atomic E-state index is 11.9. The number of aromatic nitrogens is 2. The molecule has 1 aromatic rings. The van der Waals surface area contributed by atoms with Gasteiger partial charge in [0.15, 0.2) is 0 Å². The molecule has 0 bridgehead atoms. The molecule has 0 unspecified atom stereocenters. The molecule has 0 aliphatic carbocycles. The molecule has 1 N–H and O–H groups in total. The fourth-order valence-electron chi connectivity index (χ4n) is 1.81. The number of carbonyl (C=O) groups is 1. The number of ether oxygens (including phenoxy) is 1. The molecular weight excluding hydrogens is 286 g/mol. The fourth-order valence-corrected chi connectivity index (χ4v) is 2.12. The molecule has 17 heavy (non-hydrogen) atoms. The standard InChI is InChI=1S/C11H16BrN3O2/c1-8(15-7-9(12)5-14-15)11(16)13-6-10-3-2-4-17-10/h5,7-8,10H,2-4,6H2,1H3,(H,13,16)/t8-,10-/m0/s1. The van der Waals surface area contributed by atoms with Crippen LogP contribution in [0.25, 0.3) is 0 Å². The second-order valence-electron chi connectivity index (χ2n) is 4.19. The summed E-state index contributed by atoms with van der Waals surface area (Å²) < 4.78 is 7.95. The Balaban J connectivity index is 1.82. The van der Waals surface area contributed by atoms with Gasteiger partial charge in [-0.1, -0.05) is 0 Å². The quantitative estimate of drug-likeness (QED) is 0.917. The van der Waals surface area contributed by atoms with Crippen molar-refractivity contribution in [3.63, 3.8) is 0 Å². The Kier molecular flexibility index (Phi) is 4.17. The van der Waals surface area contributed by atoms with Crippen molar-refractivity contribution in [3.8, 4) is 0 Å². The SMILES string of the molecule is C[C@@H](C(=O)NC[C@@H]1CCCO1)n1cc(Br)cn1. The molecule has 1 aliphatic heterocycles. The summed E-state index contributed by atoms with van der Waals surface area (Å²) in [6, 6.07) is -0.303. The lowest BCUT2D eigenvalue weighted by atomic mass is 10.2. The molecule has 1 amide bonds. The zero-order valence-electron chi connectivity index (χ0n) is 9.73. The van der Waals surface area contributed by atoms with Gasteiger partial charge < -0.3 is 10.1 Å². The third kappa shape index (κ3) is 3.29. The summed E-state index contributed by atoms with van der Waals surface area (Å²) in [5.41, 5.74) is 0. The number of amides is 1. The van der Waals surface area contributed by atoms with Crippen LogP contribution in [0.2, 0.25) is 0 Å². The minimum atomic E-state index is -0.303. The van der Waals surface area contributed by atoms with E-state index in [4.69, 9.17) is 4.74 Å². The largest absolute Gasteiger partial charge is 0.376 e. The van der Waals surface area contributed by atoms with Gasteiger partial charge in [0.05, 0.1) is 16.8 Å². The molecule has 6 heteroatoms. The van der Waals surface area contributed by atoms with Crippen molar-refractivity contribution in [2.45, 2.75) is 31.9 Å². The summed E-state index contributed by atoms with van der Waals surface area (Å²) in [6.07, 6.45) is 5.75. The van der Waals surface area contributed by atoms with Crippen molar-refractivity contribution in [1.29, 1.82) is 0 Å². The van der Waals surface area contributed by atoms with E-state index in [1.54, 1.807) is 17.1 Å². The monoisotopic (exact) mass is 301 g/mol. The first-order valence-corrected chi connectivity index (χ1v) is 6.55. The first-order chi connectivity index (χ1) is 8.16. The molecule has 1 aliphatic rings. The second-order valence-corrected chi connectivity index (χ2v) is 5.11. The van der Waals surface area contributed by atoms with E-state index in [1.165, 1.54) is 0 Å². The van der Waals surface area contributed by atoms with Crippen LogP contribution in [-0.4, -0.2) is 34.9 Å². The minimum absolute atomic E-state index is 0.0314. The molecule has 1 fully saturated rings. The summed E-state index contributed by atoms with van der Waals surface area (Å²) in [5.74, 6) is -0.0314. The van der Waals surface area contributed by atoms with Crippen LogP contribution in [0.5, 0.6) is 0 Å². The van der Waals surface area contributed by atoms with Gasteiger partial charge in [-0.3, -0.25) is 9.48 Å². The van der Waals surface area contributed by atoms with E-state index in [2.05, 4.69) is 26.3 Å². The summed E-state index contributed by atoms with van der Waals surface area (Å²) >= 11 is 3.31. The molecule has 0 saturated carbocycles. The van der Waals surface area contributed by atoms with Crippen LogP contribution in [0, 0.1) is 0 Å². The Morgan fingerprint density at radius 3 is 3.24 bits per heavy atom. The van der Waals surface area contributed by atoms with Gasteiger partial charge in [-0.2, -0.15) is 5.10 Å². The van der Waals surface area contributed by atoms with Crippen LogP contribution in [-0.2, 0) is 9.53 Å². The van der Waals surface area contributed by atoms with Crippen LogP contribution < -0.4 is 5.32 Å². The van der Waals surface area contributed by atoms with E-state index >= 15 is 0 Å². The predicted octanol–water partition coefficient (Wildman–Crippen LogP) is 1.50. The highest BCUT2D eigenvalue weighted by atomic mass is 79.9. The first kappa shape index (κ1) is 12.6. The lowest BCUT2D eigenvalue weighted by molar-refractivity contribution is -0.124. The predicted molar refractivity (Wildman–Crippen MR) is 66.6 cm³/mol. The van der Waals surface area contributed by atoms with Gasteiger partial charge in [-0.05, 0) is 35.7 Å². The third-order valence-corrected chi connectivity index (χ3v) is 3.28. The van der Waals surface area contributed by atoms with E-state index in [0.29, 0.717) is 6.54 Å². The van der Waals surface area contributed by atoms with Crippen molar-refractivity contribution in [2.75, 3.05) is 13.2 Å². The molecular formula is C11H16BrN3O2. The van der Waals surface area contributed by atoms with Gasteiger partial charge in [-0.25, -0.2) is 0 Å². The summed E-state index contributed by atoms with van der Waals surface area (Å²) in [6.45, 7) is 3.22. The second kappa shape index (κ2) is 5.64. The fraction of sp³-hybridized carbons (Fsp3) is 0.636. The van der Waals surface area contributed by atoms with Crippen molar-refractivity contribution in [3.05, 3.63) is 16.9 Å². The average molecular weight is 302 g/mol. The summed E-state index contributed by atoms with van der Waals surface area (Å²) in [5, 5.41) is 6.99. The van der Waals surface area contributed by atoms with Crippen LogP contribution in [0.3, 0.4) is 0 Å². The van der Waals surface area contributed by atoms with Gasteiger partial charge in [0.25, 0.3) is 0 Å². The van der Waals surface area contributed by atoms with Crippen LogP contribution in [0.15, 0.2) is 16.9 Å². The number of hydrogen-bond acceptors (Lipinski definition) is 3. The highest BCUT2D eigenvalue weighted by Crippen LogP contribution is 2.13. The molecule has 1 aromatic heterocycles. The molecule has 2 heterocycles. The Morgan fingerprint density at radius 2 is 2.65 bits per heavy atom. The van der Waals surface area contributed by atoms with E-state index in [1.807, 2.05) is 6.92 Å². The molecule has 0 spiro atoms. The van der Waals surface area contributed by atoms with E-state index in [9.17, 15) is 4.79 Å². The number of rotatable bonds is 4. The van der Waals surface area contributed by atoms with Gasteiger partial charge in [0, 0.05) is 19.3 Å². The molecule has 0 aromatic carbocycles. The summed E-state index contributed by atoms with van der Waals surface area (Å²) in [7, 11) is 0. The van der Waals surface area contributed by atoms with Crippen LogP contribution >= 0.6 is 15.9 Å². The number of hydrogen-bond donors (Lipinski definition) is 1. The minimum Gasteiger partial charge on any atom is -0.376 e. The third-order valence-electron chi connectivity index (χ3n) is 2.87. The van der Waals surface area contributed by atoms with E-state index < -0.39 is 0 Å². The van der Waals surface area contributed by atoms with Crippen LogP contribution in [0.4, 0.5) is 0 Å². The first-order valence-electron chi connectivity index (χ1n) is 5.76. The average Bonchev–Trinajstić information content (AvgIpc) is 2.95. The van der Waals surface area contributed by atoms with Gasteiger partial charge in [0.2, 0.25) is 5.91 Å². The number of halogens is 1. The lowest BCUT2D eigenvalue weighted by Gasteiger charge is -2.15. The number of carbonyl (C=O) groups excluding carboxylic acids is 1. The molecule has 94 valence electrons. The number of nitrogens with one attached hydrogen (secondary N) is 1. The van der Waals surface area contributed by atoms with Gasteiger partial charge >= 0.3 is 0 Å². The van der Waals surface area contributed by atoms with Gasteiger partial charge in [0.1, 0.15) is 6.04 Å². The number of nitrogens with zero attached hydrogens (tertiary/aromatic N) is 2. The molecule has 0 radical (unpaired) electrons. The van der Waals surface area contributed by atoms with Gasteiger partial charge in [-0.15, -0.1) is 0 Å². The smallest absolute Gasteiger partial charge is 0.244 e. The van der Waals surface area contributed by atoms with Crippen molar-refractivity contribution >= 4 is 21.8 Å². The molecule has 2 atom stereocenters. The van der Waals surface area contributed by atoms with Crippen molar-refractivity contribution in [2.24, 2.45) is 0 Å². The Morgan fingerprint density at radius 1 is 1.82 bits per heavy atom. The molecule has 2 rings (SSSR count). The Labute approximate surface area is 109 Å². The normalized spacial score (nSPS) is 21.4. The summed E-state index contributed by atoms with van der Waals surface area (Å²) in [4.78, 5) is 11.9. The highest BCUT2D eigenvalue weighted by molar-refractivity contribution is 9.10. The maximum Gasteiger partial charge on any atom is 0.244 e. The zero-order chi connectivity index (χ0) is 12.3. The molecule has 5 nitrogen and oxygen atoms in total. The zero-order valence-corrected chi connectivity index (χ0v) is 11.3. The van der Waals surface area contributed by atoms with E-state index in [-0.39, 0.29) is 18.1 Å². The maximum atomic E-state index is 11.9.